The number of carbonyl (C=O) groups is 3. The number of rotatable bonds is 9. The quantitative estimate of drug-likeness (QED) is 0.427. The zero-order chi connectivity index (χ0) is 21.3. The van der Waals surface area contributed by atoms with Gasteiger partial charge in [-0.05, 0) is 40.3 Å². The summed E-state index contributed by atoms with van der Waals surface area (Å²) in [6.07, 6.45) is 2.02. The number of aromatic nitrogens is 4. The molecule has 0 fully saturated rings. The average Bonchev–Trinajstić information content (AvgIpc) is 3.31. The van der Waals surface area contributed by atoms with Crippen molar-refractivity contribution in [2.24, 2.45) is 0 Å². The van der Waals surface area contributed by atoms with Crippen LogP contribution in [0.1, 0.15) is 35.3 Å². The topological polar surface area (TPSA) is 116 Å². The Balaban J connectivity index is 1.62. The molecule has 0 aliphatic heterocycles. The van der Waals surface area contributed by atoms with Gasteiger partial charge in [0.15, 0.2) is 18.4 Å². The van der Waals surface area contributed by atoms with Gasteiger partial charge < -0.3 is 10.1 Å². The number of benzene rings is 2. The lowest BCUT2D eigenvalue weighted by atomic mass is 10.1. The summed E-state index contributed by atoms with van der Waals surface area (Å²) in [5, 5.41) is 13.6. The Morgan fingerprint density at radius 2 is 1.80 bits per heavy atom. The van der Waals surface area contributed by atoms with Crippen molar-refractivity contribution in [1.82, 2.24) is 20.2 Å². The molecule has 0 radical (unpaired) electrons. The van der Waals surface area contributed by atoms with Crippen LogP contribution in [0.25, 0.3) is 0 Å². The summed E-state index contributed by atoms with van der Waals surface area (Å²) in [6.45, 7) is 1.34. The largest absolute Gasteiger partial charge is 0.456 e. The summed E-state index contributed by atoms with van der Waals surface area (Å²) in [4.78, 5) is 36.5. The van der Waals surface area contributed by atoms with Crippen molar-refractivity contribution in [3.63, 3.8) is 0 Å². The number of Topliss-reactive ketones (excluding diaryl/α,β-unsaturated/α-hetero) is 1. The van der Waals surface area contributed by atoms with Crippen molar-refractivity contribution >= 4 is 23.3 Å². The molecule has 30 heavy (non-hydrogen) atoms. The van der Waals surface area contributed by atoms with Crippen LogP contribution in [0.5, 0.6) is 0 Å². The summed E-state index contributed by atoms with van der Waals surface area (Å²) >= 11 is 0. The summed E-state index contributed by atoms with van der Waals surface area (Å²) < 4.78 is 6.56. The third-order valence-corrected chi connectivity index (χ3v) is 4.39. The maximum atomic E-state index is 12.7. The van der Waals surface area contributed by atoms with E-state index in [9.17, 15) is 14.4 Å². The van der Waals surface area contributed by atoms with Gasteiger partial charge in [0.05, 0.1) is 0 Å². The van der Waals surface area contributed by atoms with Gasteiger partial charge in [-0.1, -0.05) is 37.3 Å². The molecule has 0 aliphatic carbocycles. The standard InChI is InChI=1S/C21H21N5O4/c1-2-20(28)23-17-10-8-16(9-11-17)19(27)13-30-21(29)18(26-14-22-24-25-26)12-15-6-4-3-5-7-15/h3-11,14,18H,2,12-13H2,1H3,(H,23,28)/t18-/m0/s1. The van der Waals surface area contributed by atoms with E-state index in [-0.39, 0.29) is 11.7 Å². The van der Waals surface area contributed by atoms with Crippen LogP contribution >= 0.6 is 0 Å². The fraction of sp³-hybridized carbons (Fsp3) is 0.238. The zero-order valence-corrected chi connectivity index (χ0v) is 16.4. The van der Waals surface area contributed by atoms with Crippen molar-refractivity contribution in [3.8, 4) is 0 Å². The van der Waals surface area contributed by atoms with Crippen LogP contribution in [0.15, 0.2) is 60.9 Å². The third kappa shape index (κ3) is 5.57. The predicted molar refractivity (Wildman–Crippen MR) is 108 cm³/mol. The summed E-state index contributed by atoms with van der Waals surface area (Å²) in [5.41, 5.74) is 1.88. The minimum absolute atomic E-state index is 0.116. The van der Waals surface area contributed by atoms with E-state index in [0.717, 1.165) is 5.56 Å². The fourth-order valence-corrected chi connectivity index (χ4v) is 2.74. The van der Waals surface area contributed by atoms with Crippen LogP contribution in [-0.4, -0.2) is 44.5 Å². The first kappa shape index (κ1) is 20.8. The maximum Gasteiger partial charge on any atom is 0.331 e. The molecule has 0 spiro atoms. The molecule has 1 N–H and O–H groups in total. The highest BCUT2D eigenvalue weighted by Gasteiger charge is 2.25. The number of ketones is 1. The summed E-state index contributed by atoms with van der Waals surface area (Å²) in [6, 6.07) is 15.0. The van der Waals surface area contributed by atoms with Gasteiger partial charge in [-0.15, -0.1) is 5.10 Å². The molecule has 9 nitrogen and oxygen atoms in total. The number of tetrazole rings is 1. The monoisotopic (exact) mass is 407 g/mol. The molecule has 3 aromatic rings. The van der Waals surface area contributed by atoms with E-state index in [1.807, 2.05) is 30.3 Å². The van der Waals surface area contributed by atoms with E-state index in [0.29, 0.717) is 24.1 Å². The maximum absolute atomic E-state index is 12.7. The van der Waals surface area contributed by atoms with E-state index < -0.39 is 18.6 Å². The van der Waals surface area contributed by atoms with E-state index in [4.69, 9.17) is 4.74 Å². The van der Waals surface area contributed by atoms with Crippen LogP contribution in [0, 0.1) is 0 Å². The zero-order valence-electron chi connectivity index (χ0n) is 16.4. The number of esters is 1. The SMILES string of the molecule is CCC(=O)Nc1ccc(C(=O)COC(=O)[C@H](Cc2ccccc2)n2cnnn2)cc1. The second-order valence-electron chi connectivity index (χ2n) is 6.51. The van der Waals surface area contributed by atoms with Gasteiger partial charge >= 0.3 is 5.97 Å². The van der Waals surface area contributed by atoms with Gasteiger partial charge in [0.1, 0.15) is 6.33 Å². The van der Waals surface area contributed by atoms with Gasteiger partial charge in [-0.2, -0.15) is 0 Å². The number of nitrogens with zero attached hydrogens (tertiary/aromatic N) is 4. The smallest absolute Gasteiger partial charge is 0.331 e. The minimum Gasteiger partial charge on any atom is -0.456 e. The second-order valence-corrected chi connectivity index (χ2v) is 6.51. The number of anilines is 1. The van der Waals surface area contributed by atoms with Crippen LogP contribution < -0.4 is 5.32 Å². The van der Waals surface area contributed by atoms with E-state index in [1.165, 1.54) is 11.0 Å². The normalized spacial score (nSPS) is 11.5. The molecule has 0 unspecified atom stereocenters. The fourth-order valence-electron chi connectivity index (χ4n) is 2.74. The van der Waals surface area contributed by atoms with Crippen LogP contribution in [0.4, 0.5) is 5.69 Å². The van der Waals surface area contributed by atoms with E-state index in [2.05, 4.69) is 20.8 Å². The average molecular weight is 407 g/mol. The Morgan fingerprint density at radius 3 is 2.43 bits per heavy atom. The Hall–Kier alpha value is -3.88. The Morgan fingerprint density at radius 1 is 1.07 bits per heavy atom. The summed E-state index contributed by atoms with van der Waals surface area (Å²) in [7, 11) is 0. The van der Waals surface area contributed by atoms with Crippen molar-refractivity contribution in [2.75, 3.05) is 11.9 Å². The number of hydrogen-bond acceptors (Lipinski definition) is 7. The molecule has 3 rings (SSSR count). The molecular weight excluding hydrogens is 386 g/mol. The lowest BCUT2D eigenvalue weighted by Crippen LogP contribution is -2.26. The minimum atomic E-state index is -0.790. The molecule has 9 heteroatoms. The Bertz CT molecular complexity index is 988. The number of hydrogen-bond donors (Lipinski definition) is 1. The third-order valence-electron chi connectivity index (χ3n) is 4.39. The molecule has 1 atom stereocenters. The van der Waals surface area contributed by atoms with Crippen molar-refractivity contribution in [2.45, 2.75) is 25.8 Å². The molecular formula is C21H21N5O4. The Labute approximate surface area is 173 Å². The molecule has 154 valence electrons. The predicted octanol–water partition coefficient (Wildman–Crippen LogP) is 2.23. The van der Waals surface area contributed by atoms with Crippen LogP contribution in [-0.2, 0) is 20.7 Å². The molecule has 0 aliphatic rings. The highest BCUT2D eigenvalue weighted by Crippen LogP contribution is 2.16. The molecule has 1 amide bonds. The van der Waals surface area contributed by atoms with Gasteiger partial charge in [0.25, 0.3) is 0 Å². The first-order valence-electron chi connectivity index (χ1n) is 9.43. The van der Waals surface area contributed by atoms with Crippen LogP contribution in [0.3, 0.4) is 0 Å². The van der Waals surface area contributed by atoms with Gasteiger partial charge in [-0.3, -0.25) is 9.59 Å². The lowest BCUT2D eigenvalue weighted by Gasteiger charge is -2.15. The lowest BCUT2D eigenvalue weighted by molar-refractivity contribution is -0.146. The number of nitrogens with one attached hydrogen (secondary N) is 1. The number of ether oxygens (including phenoxy) is 1. The van der Waals surface area contributed by atoms with Crippen molar-refractivity contribution < 1.29 is 19.1 Å². The van der Waals surface area contributed by atoms with Gasteiger partial charge in [0.2, 0.25) is 5.91 Å². The molecule has 1 aromatic heterocycles. The number of carbonyl (C=O) groups excluding carboxylic acids is 3. The van der Waals surface area contributed by atoms with Gasteiger partial charge in [-0.25, -0.2) is 9.48 Å². The molecule has 1 heterocycles. The van der Waals surface area contributed by atoms with Gasteiger partial charge in [0, 0.05) is 24.1 Å². The highest BCUT2D eigenvalue weighted by atomic mass is 16.5. The first-order valence-corrected chi connectivity index (χ1v) is 9.43. The number of amides is 1. The molecule has 0 saturated heterocycles. The van der Waals surface area contributed by atoms with E-state index in [1.54, 1.807) is 31.2 Å². The first-order chi connectivity index (χ1) is 14.6. The van der Waals surface area contributed by atoms with E-state index >= 15 is 0 Å². The second kappa shape index (κ2) is 10.1. The molecule has 0 saturated carbocycles. The highest BCUT2D eigenvalue weighted by molar-refractivity contribution is 5.99. The van der Waals surface area contributed by atoms with Crippen molar-refractivity contribution in [3.05, 3.63) is 72.1 Å². The molecule has 0 bridgehead atoms. The summed E-state index contributed by atoms with van der Waals surface area (Å²) in [5.74, 6) is -1.08. The molecule has 2 aromatic carbocycles. The van der Waals surface area contributed by atoms with Crippen LogP contribution in [0.2, 0.25) is 0 Å². The van der Waals surface area contributed by atoms with Crippen molar-refractivity contribution in [1.29, 1.82) is 0 Å². The Kier molecular flexibility index (Phi) is 6.99.